The third-order valence-electron chi connectivity index (χ3n) is 2.81. The van der Waals surface area contributed by atoms with Gasteiger partial charge in [-0.15, -0.1) is 0 Å². The SMILES string of the molecule is CNCc1ncnc2c1CCCCC2. The number of hydrogen-bond donors (Lipinski definition) is 1. The fourth-order valence-corrected chi connectivity index (χ4v) is 2.09. The summed E-state index contributed by atoms with van der Waals surface area (Å²) in [6, 6.07) is 0. The van der Waals surface area contributed by atoms with Crippen LogP contribution in [-0.2, 0) is 19.4 Å². The molecule has 3 heteroatoms. The van der Waals surface area contributed by atoms with Gasteiger partial charge in [0.05, 0.1) is 5.69 Å². The lowest BCUT2D eigenvalue weighted by atomic mass is 10.1. The summed E-state index contributed by atoms with van der Waals surface area (Å²) in [6.07, 6.45) is 7.90. The first-order chi connectivity index (χ1) is 6.92. The Morgan fingerprint density at radius 2 is 2.07 bits per heavy atom. The molecule has 0 amide bonds. The van der Waals surface area contributed by atoms with Gasteiger partial charge in [-0.2, -0.15) is 0 Å². The minimum atomic E-state index is 0.866. The third kappa shape index (κ3) is 1.93. The number of aryl methyl sites for hydroxylation is 1. The van der Waals surface area contributed by atoms with E-state index >= 15 is 0 Å². The number of aromatic nitrogens is 2. The molecule has 1 heterocycles. The van der Waals surface area contributed by atoms with Crippen molar-refractivity contribution in [1.29, 1.82) is 0 Å². The van der Waals surface area contributed by atoms with Crippen LogP contribution in [0.3, 0.4) is 0 Å². The lowest BCUT2D eigenvalue weighted by molar-refractivity contribution is 0.705. The average Bonchev–Trinajstić information content (AvgIpc) is 2.44. The summed E-state index contributed by atoms with van der Waals surface area (Å²) < 4.78 is 0. The molecule has 1 aliphatic rings. The first-order valence-corrected chi connectivity index (χ1v) is 5.38. The van der Waals surface area contributed by atoms with Gasteiger partial charge < -0.3 is 5.32 Å². The van der Waals surface area contributed by atoms with Crippen molar-refractivity contribution in [1.82, 2.24) is 15.3 Å². The van der Waals surface area contributed by atoms with Crippen molar-refractivity contribution in [2.45, 2.75) is 38.6 Å². The number of rotatable bonds is 2. The van der Waals surface area contributed by atoms with Crippen molar-refractivity contribution < 1.29 is 0 Å². The van der Waals surface area contributed by atoms with E-state index in [0.717, 1.165) is 19.4 Å². The standard InChI is InChI=1S/C11H17N3/c1-12-7-11-9-5-3-2-4-6-10(9)13-8-14-11/h8,12H,2-7H2,1H3. The van der Waals surface area contributed by atoms with Crippen LogP contribution in [0.1, 0.15) is 36.2 Å². The van der Waals surface area contributed by atoms with E-state index in [0.29, 0.717) is 0 Å². The summed E-state index contributed by atoms with van der Waals surface area (Å²) in [5, 5.41) is 3.16. The second-order valence-electron chi connectivity index (χ2n) is 3.84. The Bertz CT molecular complexity index is 309. The number of nitrogens with zero attached hydrogens (tertiary/aromatic N) is 2. The van der Waals surface area contributed by atoms with Crippen LogP contribution in [0.4, 0.5) is 0 Å². The van der Waals surface area contributed by atoms with Crippen molar-refractivity contribution in [2.75, 3.05) is 7.05 Å². The molecule has 0 unspecified atom stereocenters. The second kappa shape index (κ2) is 4.51. The number of fused-ring (bicyclic) bond motifs is 1. The van der Waals surface area contributed by atoms with Crippen LogP contribution in [0.25, 0.3) is 0 Å². The molecule has 14 heavy (non-hydrogen) atoms. The highest BCUT2D eigenvalue weighted by molar-refractivity contribution is 5.26. The van der Waals surface area contributed by atoms with Crippen molar-refractivity contribution in [3.63, 3.8) is 0 Å². The highest BCUT2D eigenvalue weighted by atomic mass is 14.9. The quantitative estimate of drug-likeness (QED) is 0.719. The zero-order valence-electron chi connectivity index (χ0n) is 8.71. The maximum Gasteiger partial charge on any atom is 0.116 e. The summed E-state index contributed by atoms with van der Waals surface area (Å²) in [7, 11) is 1.96. The van der Waals surface area contributed by atoms with E-state index in [4.69, 9.17) is 0 Å². The van der Waals surface area contributed by atoms with Gasteiger partial charge >= 0.3 is 0 Å². The highest BCUT2D eigenvalue weighted by Gasteiger charge is 2.13. The van der Waals surface area contributed by atoms with E-state index in [1.54, 1.807) is 6.33 Å². The second-order valence-corrected chi connectivity index (χ2v) is 3.84. The molecule has 0 atom stereocenters. The normalized spacial score (nSPS) is 16.1. The van der Waals surface area contributed by atoms with Gasteiger partial charge in [0, 0.05) is 12.2 Å². The molecule has 0 radical (unpaired) electrons. The molecule has 1 aliphatic carbocycles. The van der Waals surface area contributed by atoms with Gasteiger partial charge in [0.25, 0.3) is 0 Å². The summed E-state index contributed by atoms with van der Waals surface area (Å²) in [5.41, 5.74) is 3.88. The zero-order valence-corrected chi connectivity index (χ0v) is 8.71. The van der Waals surface area contributed by atoms with E-state index in [1.165, 1.54) is 36.2 Å². The zero-order chi connectivity index (χ0) is 9.80. The van der Waals surface area contributed by atoms with Crippen molar-refractivity contribution in [3.05, 3.63) is 23.3 Å². The Kier molecular flexibility index (Phi) is 3.09. The maximum atomic E-state index is 4.38. The van der Waals surface area contributed by atoms with Gasteiger partial charge in [0.1, 0.15) is 6.33 Å². The van der Waals surface area contributed by atoms with E-state index in [1.807, 2.05) is 7.05 Å². The lowest BCUT2D eigenvalue weighted by Crippen LogP contribution is -2.12. The van der Waals surface area contributed by atoms with Gasteiger partial charge in [-0.05, 0) is 38.3 Å². The Hall–Kier alpha value is -0.960. The van der Waals surface area contributed by atoms with E-state index < -0.39 is 0 Å². The van der Waals surface area contributed by atoms with Crippen LogP contribution in [0, 0.1) is 0 Å². The van der Waals surface area contributed by atoms with E-state index in [9.17, 15) is 0 Å². The maximum absolute atomic E-state index is 4.38. The van der Waals surface area contributed by atoms with Gasteiger partial charge in [0.15, 0.2) is 0 Å². The minimum Gasteiger partial charge on any atom is -0.314 e. The molecule has 1 N–H and O–H groups in total. The molecule has 1 aromatic heterocycles. The van der Waals surface area contributed by atoms with Crippen LogP contribution < -0.4 is 5.32 Å². The van der Waals surface area contributed by atoms with E-state index in [-0.39, 0.29) is 0 Å². The van der Waals surface area contributed by atoms with Crippen LogP contribution in [0.5, 0.6) is 0 Å². The molecule has 1 aromatic rings. The summed E-state index contributed by atoms with van der Waals surface area (Å²) in [4.78, 5) is 8.73. The fourth-order valence-electron chi connectivity index (χ4n) is 2.09. The van der Waals surface area contributed by atoms with Crippen LogP contribution >= 0.6 is 0 Å². The number of nitrogens with one attached hydrogen (secondary N) is 1. The molecule has 76 valence electrons. The Morgan fingerprint density at radius 3 is 2.93 bits per heavy atom. The molecular formula is C11H17N3. The summed E-state index contributed by atoms with van der Waals surface area (Å²) >= 11 is 0. The van der Waals surface area contributed by atoms with Crippen molar-refractivity contribution in [2.24, 2.45) is 0 Å². The molecule has 0 bridgehead atoms. The smallest absolute Gasteiger partial charge is 0.116 e. The van der Waals surface area contributed by atoms with Gasteiger partial charge in [-0.1, -0.05) is 6.42 Å². The van der Waals surface area contributed by atoms with Crippen LogP contribution in [0.2, 0.25) is 0 Å². The van der Waals surface area contributed by atoms with Crippen molar-refractivity contribution in [3.8, 4) is 0 Å². The summed E-state index contributed by atoms with van der Waals surface area (Å²) in [5.74, 6) is 0. The molecule has 0 saturated carbocycles. The van der Waals surface area contributed by atoms with Gasteiger partial charge in [0.2, 0.25) is 0 Å². The molecule has 0 spiro atoms. The first-order valence-electron chi connectivity index (χ1n) is 5.38. The first kappa shape index (κ1) is 9.59. The largest absolute Gasteiger partial charge is 0.314 e. The van der Waals surface area contributed by atoms with E-state index in [2.05, 4.69) is 15.3 Å². The predicted molar refractivity (Wildman–Crippen MR) is 56.1 cm³/mol. The van der Waals surface area contributed by atoms with Crippen molar-refractivity contribution >= 4 is 0 Å². The summed E-state index contributed by atoms with van der Waals surface area (Å²) in [6.45, 7) is 0.866. The van der Waals surface area contributed by atoms with Gasteiger partial charge in [-0.25, -0.2) is 9.97 Å². The topological polar surface area (TPSA) is 37.8 Å². The van der Waals surface area contributed by atoms with Gasteiger partial charge in [-0.3, -0.25) is 0 Å². The Balaban J connectivity index is 2.32. The third-order valence-corrected chi connectivity index (χ3v) is 2.81. The molecule has 0 aromatic carbocycles. The van der Waals surface area contributed by atoms with Crippen LogP contribution in [-0.4, -0.2) is 17.0 Å². The fraction of sp³-hybridized carbons (Fsp3) is 0.636. The predicted octanol–water partition coefficient (Wildman–Crippen LogP) is 1.46. The van der Waals surface area contributed by atoms with Crippen LogP contribution in [0.15, 0.2) is 6.33 Å². The molecule has 0 aliphatic heterocycles. The lowest BCUT2D eigenvalue weighted by Gasteiger charge is -2.09. The Morgan fingerprint density at radius 1 is 1.21 bits per heavy atom. The molecule has 2 rings (SSSR count). The molecule has 0 fully saturated rings. The molecule has 3 nitrogen and oxygen atoms in total. The molecular weight excluding hydrogens is 174 g/mol. The average molecular weight is 191 g/mol. The monoisotopic (exact) mass is 191 g/mol. The Labute approximate surface area is 85.0 Å². The number of hydrogen-bond acceptors (Lipinski definition) is 3. The minimum absolute atomic E-state index is 0.866. The highest BCUT2D eigenvalue weighted by Crippen LogP contribution is 2.20. The molecule has 0 saturated heterocycles.